The van der Waals surface area contributed by atoms with Crippen molar-refractivity contribution in [2.75, 3.05) is 19.8 Å². The first kappa shape index (κ1) is 31.5. The summed E-state index contributed by atoms with van der Waals surface area (Å²) in [6.07, 6.45) is 9.59. The molecule has 0 bridgehead atoms. The second-order valence-corrected chi connectivity index (χ2v) is 9.34. The lowest BCUT2D eigenvalue weighted by molar-refractivity contribution is -0.161. The Morgan fingerprint density at radius 3 is 1.94 bits per heavy atom. The topological polar surface area (TPSA) is 148 Å². The summed E-state index contributed by atoms with van der Waals surface area (Å²) < 4.78 is 25.7. The van der Waals surface area contributed by atoms with Crippen molar-refractivity contribution in [3.8, 4) is 0 Å². The number of esters is 2. The number of nitrogens with one attached hydrogen (secondary N) is 1. The monoisotopic (exact) mass is 495 g/mol. The van der Waals surface area contributed by atoms with Gasteiger partial charge in [-0.2, -0.15) is 0 Å². The van der Waals surface area contributed by atoms with Crippen molar-refractivity contribution in [3.05, 3.63) is 0 Å². The van der Waals surface area contributed by atoms with Crippen molar-refractivity contribution in [3.63, 3.8) is 0 Å². The fourth-order valence-corrected chi connectivity index (χ4v) is 3.40. The Morgan fingerprint density at radius 1 is 0.818 bits per heavy atom. The summed E-state index contributed by atoms with van der Waals surface area (Å²) in [6.45, 7) is 3.37. The van der Waals surface area contributed by atoms with Gasteiger partial charge in [-0.05, 0) is 19.3 Å². The molecule has 0 aliphatic rings. The van der Waals surface area contributed by atoms with Crippen LogP contribution >= 0.6 is 7.82 Å². The normalized spacial score (nSPS) is 12.2. The summed E-state index contributed by atoms with van der Waals surface area (Å²) in [5, 5.41) is 2.73. The maximum atomic E-state index is 12.0. The van der Waals surface area contributed by atoms with E-state index in [9.17, 15) is 18.9 Å². The van der Waals surface area contributed by atoms with Gasteiger partial charge in [-0.3, -0.25) is 18.9 Å². The van der Waals surface area contributed by atoms with E-state index in [0.29, 0.717) is 19.4 Å². The molecule has 1 atom stereocenters. The van der Waals surface area contributed by atoms with E-state index in [0.717, 1.165) is 57.8 Å². The summed E-state index contributed by atoms with van der Waals surface area (Å²) in [5.41, 5.74) is 0. The van der Waals surface area contributed by atoms with E-state index in [1.54, 1.807) is 0 Å². The highest BCUT2D eigenvalue weighted by Crippen LogP contribution is 2.35. The van der Waals surface area contributed by atoms with Gasteiger partial charge in [0.05, 0.1) is 6.61 Å². The molecule has 0 aromatic heterocycles. The molecule has 0 aliphatic heterocycles. The predicted octanol–water partition coefficient (Wildman–Crippen LogP) is 3.78. The molecule has 3 N–H and O–H groups in total. The minimum atomic E-state index is -4.74. The zero-order chi connectivity index (χ0) is 25.0. The molecule has 33 heavy (non-hydrogen) atoms. The van der Waals surface area contributed by atoms with Gasteiger partial charge in [0, 0.05) is 26.3 Å². The van der Waals surface area contributed by atoms with E-state index in [1.807, 2.05) is 0 Å². The molecule has 194 valence electrons. The van der Waals surface area contributed by atoms with Crippen molar-refractivity contribution in [1.29, 1.82) is 0 Å². The summed E-state index contributed by atoms with van der Waals surface area (Å²) in [6, 6.07) is 0. The summed E-state index contributed by atoms with van der Waals surface area (Å²) >= 11 is 0. The Morgan fingerprint density at radius 2 is 1.36 bits per heavy atom. The third-order valence-electron chi connectivity index (χ3n) is 4.82. The van der Waals surface area contributed by atoms with Crippen LogP contribution in [0.2, 0.25) is 0 Å². The van der Waals surface area contributed by atoms with Gasteiger partial charge in [-0.25, -0.2) is 4.57 Å². The van der Waals surface area contributed by atoms with Gasteiger partial charge in [0.2, 0.25) is 5.91 Å². The van der Waals surface area contributed by atoms with Crippen LogP contribution < -0.4 is 5.32 Å². The molecule has 0 spiro atoms. The van der Waals surface area contributed by atoms with E-state index < -0.39 is 32.5 Å². The molecule has 0 saturated heterocycles. The molecule has 0 saturated carbocycles. The van der Waals surface area contributed by atoms with Crippen LogP contribution in [0, 0.1) is 0 Å². The smallest absolute Gasteiger partial charge is 0.462 e. The zero-order valence-electron chi connectivity index (χ0n) is 20.1. The predicted molar refractivity (Wildman–Crippen MR) is 123 cm³/mol. The van der Waals surface area contributed by atoms with Crippen molar-refractivity contribution in [1.82, 2.24) is 5.32 Å². The highest BCUT2D eigenvalue weighted by atomic mass is 31.2. The SMILES string of the molecule is CCCCCCCCC(=O)O[C@@H](COC(=O)CCCCCCCNC(C)=O)COP(=O)(O)O. The number of hydrogen-bond donors (Lipinski definition) is 3. The molecule has 0 heterocycles. The van der Waals surface area contributed by atoms with Gasteiger partial charge in [0.15, 0.2) is 6.10 Å². The fourth-order valence-electron chi connectivity index (χ4n) is 3.04. The lowest BCUT2D eigenvalue weighted by Gasteiger charge is -2.18. The van der Waals surface area contributed by atoms with Crippen LogP contribution in [-0.2, 0) is 32.9 Å². The second-order valence-electron chi connectivity index (χ2n) is 8.10. The number of hydrogen-bond acceptors (Lipinski definition) is 7. The Labute approximate surface area is 197 Å². The van der Waals surface area contributed by atoms with Crippen molar-refractivity contribution < 1.29 is 42.7 Å². The maximum absolute atomic E-state index is 12.0. The van der Waals surface area contributed by atoms with Crippen molar-refractivity contribution in [2.24, 2.45) is 0 Å². The largest absolute Gasteiger partial charge is 0.469 e. The molecule has 0 radical (unpaired) electrons. The van der Waals surface area contributed by atoms with Gasteiger partial charge in [0.25, 0.3) is 0 Å². The van der Waals surface area contributed by atoms with Crippen LogP contribution in [0.1, 0.15) is 97.3 Å². The number of carbonyl (C=O) groups excluding carboxylic acids is 3. The first-order valence-electron chi connectivity index (χ1n) is 11.9. The molecule has 0 fully saturated rings. The Balaban J connectivity index is 4.15. The van der Waals surface area contributed by atoms with Crippen LogP contribution in [0.5, 0.6) is 0 Å². The Kier molecular flexibility index (Phi) is 19.0. The molecule has 0 rings (SSSR count). The first-order chi connectivity index (χ1) is 15.6. The summed E-state index contributed by atoms with van der Waals surface area (Å²) in [5.74, 6) is -1.03. The highest BCUT2D eigenvalue weighted by Gasteiger charge is 2.22. The van der Waals surface area contributed by atoms with Crippen LogP contribution in [0.3, 0.4) is 0 Å². The molecule has 10 nitrogen and oxygen atoms in total. The summed E-state index contributed by atoms with van der Waals surface area (Å²) in [4.78, 5) is 52.5. The van der Waals surface area contributed by atoms with Crippen LogP contribution in [0.4, 0.5) is 0 Å². The number of unbranched alkanes of at least 4 members (excludes halogenated alkanes) is 9. The minimum absolute atomic E-state index is 0.0460. The first-order valence-corrected chi connectivity index (χ1v) is 13.5. The lowest BCUT2D eigenvalue weighted by Crippen LogP contribution is -2.29. The van der Waals surface area contributed by atoms with E-state index in [1.165, 1.54) is 6.92 Å². The van der Waals surface area contributed by atoms with E-state index in [2.05, 4.69) is 16.8 Å². The molecule has 0 aromatic rings. The Hall–Kier alpha value is -1.48. The van der Waals surface area contributed by atoms with E-state index >= 15 is 0 Å². The van der Waals surface area contributed by atoms with Crippen molar-refractivity contribution in [2.45, 2.75) is 103 Å². The van der Waals surface area contributed by atoms with E-state index in [4.69, 9.17) is 19.3 Å². The number of phosphoric ester groups is 1. The zero-order valence-corrected chi connectivity index (χ0v) is 21.0. The molecular formula is C22H42NO9P. The highest BCUT2D eigenvalue weighted by molar-refractivity contribution is 7.46. The van der Waals surface area contributed by atoms with Gasteiger partial charge < -0.3 is 24.6 Å². The van der Waals surface area contributed by atoms with E-state index in [-0.39, 0.29) is 25.4 Å². The minimum Gasteiger partial charge on any atom is -0.462 e. The number of carbonyl (C=O) groups is 3. The number of ether oxygens (including phenoxy) is 2. The average molecular weight is 496 g/mol. The maximum Gasteiger partial charge on any atom is 0.469 e. The number of phosphoric acid groups is 1. The standard InChI is InChI=1S/C22H42NO9P/c1-3-4-5-6-8-12-15-22(26)32-20(18-31-33(27,28)29)17-30-21(25)14-11-9-7-10-13-16-23-19(2)24/h20H,3-18H2,1-2H3,(H,23,24)(H2,27,28,29)/t20-/m0/s1. The third-order valence-corrected chi connectivity index (χ3v) is 5.31. The molecule has 0 aliphatic carbocycles. The lowest BCUT2D eigenvalue weighted by atomic mass is 10.1. The fraction of sp³-hybridized carbons (Fsp3) is 0.864. The number of rotatable bonds is 21. The quantitative estimate of drug-likeness (QED) is 0.123. The average Bonchev–Trinajstić information content (AvgIpc) is 2.73. The molecule has 11 heteroatoms. The van der Waals surface area contributed by atoms with Crippen molar-refractivity contribution >= 4 is 25.7 Å². The molecule has 0 unspecified atom stereocenters. The van der Waals surface area contributed by atoms with Gasteiger partial charge >= 0.3 is 19.8 Å². The second kappa shape index (κ2) is 19.9. The molecular weight excluding hydrogens is 453 g/mol. The van der Waals surface area contributed by atoms with Gasteiger partial charge in [0.1, 0.15) is 6.61 Å². The molecule has 0 aromatic carbocycles. The van der Waals surface area contributed by atoms with Crippen LogP contribution in [0.15, 0.2) is 0 Å². The summed E-state index contributed by atoms with van der Waals surface area (Å²) in [7, 11) is -4.74. The van der Waals surface area contributed by atoms with Crippen LogP contribution in [0.25, 0.3) is 0 Å². The van der Waals surface area contributed by atoms with Crippen LogP contribution in [-0.4, -0.2) is 53.5 Å². The number of amides is 1. The molecule has 1 amide bonds. The Bertz CT molecular complexity index is 594. The van der Waals surface area contributed by atoms with Gasteiger partial charge in [-0.15, -0.1) is 0 Å². The van der Waals surface area contributed by atoms with Gasteiger partial charge in [-0.1, -0.05) is 58.3 Å². The third kappa shape index (κ3) is 23.5.